The van der Waals surface area contributed by atoms with Crippen molar-refractivity contribution in [2.45, 2.75) is 12.5 Å². The molecule has 2 unspecified atom stereocenters. The number of hydrogen-bond acceptors (Lipinski definition) is 13. The minimum absolute atomic E-state index is 0.457. The van der Waals surface area contributed by atoms with Crippen molar-refractivity contribution in [2.75, 3.05) is 69.4 Å². The van der Waals surface area contributed by atoms with E-state index in [1.165, 1.54) is 0 Å². The molecule has 2 aliphatic heterocycles. The zero-order chi connectivity index (χ0) is 46.0. The molecule has 0 spiro atoms. The van der Waals surface area contributed by atoms with E-state index in [4.69, 9.17) is 38.1 Å². The zero-order valence-corrected chi connectivity index (χ0v) is 37.7. The Hall–Kier alpha value is -8.32. The molecule has 2 aliphatic rings. The van der Waals surface area contributed by atoms with E-state index in [9.17, 15) is 0 Å². The van der Waals surface area contributed by atoms with Crippen molar-refractivity contribution in [3.05, 3.63) is 198 Å². The van der Waals surface area contributed by atoms with Crippen LogP contribution < -0.4 is 43.1 Å². The Morgan fingerprint density at radius 3 is 1.12 bits per heavy atom. The summed E-state index contributed by atoms with van der Waals surface area (Å²) in [5.41, 5.74) is 6.53. The molecular formula is C54H51N5O8. The third-order valence-electron chi connectivity index (χ3n) is 11.5. The van der Waals surface area contributed by atoms with Gasteiger partial charge in [-0.05, 0) is 158 Å². The minimum Gasteiger partial charge on any atom is -0.497 e. The van der Waals surface area contributed by atoms with Gasteiger partial charge in [-0.1, -0.05) is 28.5 Å². The van der Waals surface area contributed by atoms with Gasteiger partial charge in [-0.3, -0.25) is 9.80 Å². The predicted molar refractivity (Wildman–Crippen MR) is 260 cm³/mol. The van der Waals surface area contributed by atoms with E-state index in [0.717, 1.165) is 73.8 Å². The first-order valence-corrected chi connectivity index (χ1v) is 21.9. The molecule has 0 radical (unpaired) electrons. The van der Waals surface area contributed by atoms with Crippen LogP contribution in [0.15, 0.2) is 186 Å². The Morgan fingerprint density at radius 2 is 0.761 bits per heavy atom. The second-order valence-corrected chi connectivity index (χ2v) is 15.5. The first kappa shape index (κ1) is 43.9. The lowest BCUT2D eigenvalue weighted by atomic mass is 10.1. The molecule has 0 bridgehead atoms. The third-order valence-corrected chi connectivity index (χ3v) is 11.5. The number of rotatable bonds is 19. The van der Waals surface area contributed by atoms with E-state index >= 15 is 0 Å². The van der Waals surface area contributed by atoms with Crippen molar-refractivity contribution in [1.29, 1.82) is 0 Å². The highest BCUT2D eigenvalue weighted by Gasteiger charge is 2.35. The zero-order valence-electron chi connectivity index (χ0n) is 37.7. The fourth-order valence-electron chi connectivity index (χ4n) is 7.90. The second kappa shape index (κ2) is 20.7. The molecule has 7 aromatic rings. The summed E-state index contributed by atoms with van der Waals surface area (Å²) in [7, 11) is 6.61. The highest BCUT2D eigenvalue weighted by Crippen LogP contribution is 2.38. The van der Waals surface area contributed by atoms with Gasteiger partial charge in [-0.2, -0.15) is 0 Å². The van der Waals surface area contributed by atoms with Gasteiger partial charge in [0.2, 0.25) is 12.5 Å². The Bertz CT molecular complexity index is 2560. The maximum absolute atomic E-state index is 6.32. The number of para-hydroxylation sites is 1. The van der Waals surface area contributed by atoms with Crippen molar-refractivity contribution in [3.8, 4) is 34.5 Å². The highest BCUT2D eigenvalue weighted by molar-refractivity contribution is 6.11. The number of oxime groups is 2. The van der Waals surface area contributed by atoms with Gasteiger partial charge in [0.1, 0.15) is 47.7 Å². The van der Waals surface area contributed by atoms with Crippen LogP contribution in [0.4, 0.5) is 17.1 Å². The lowest BCUT2D eigenvalue weighted by molar-refractivity contribution is 0.0867. The molecule has 340 valence electrons. The summed E-state index contributed by atoms with van der Waals surface area (Å²) in [5, 5.41) is 9.09. The largest absolute Gasteiger partial charge is 0.497 e. The first-order chi connectivity index (χ1) is 33.0. The average Bonchev–Trinajstić information content (AvgIpc) is 4.05. The molecule has 2 heterocycles. The standard InChI is InChI=1S/C54H51N5O8/c1-60-45-22-10-38(11-23-45)51-55-66-53(58(51)43-18-30-47(62-3)31-19-43)40-14-26-49(27-15-40)64-36-34-57(42-8-6-5-7-9-42)35-37-65-50-28-16-41(17-29-50)54-59(44-20-32-48(63-4)33-21-44)52(56-67-54)39-12-24-46(61-2)25-13-39/h5-33,53-54H,34-37H2,1-4H3. The molecule has 0 fully saturated rings. The van der Waals surface area contributed by atoms with Gasteiger partial charge in [-0.15, -0.1) is 0 Å². The van der Waals surface area contributed by atoms with Crippen molar-refractivity contribution in [1.82, 2.24) is 0 Å². The fourth-order valence-corrected chi connectivity index (χ4v) is 7.90. The number of anilines is 3. The van der Waals surface area contributed by atoms with Crippen LogP contribution in [0.1, 0.15) is 34.7 Å². The molecule has 2 atom stereocenters. The van der Waals surface area contributed by atoms with Crippen molar-refractivity contribution < 1.29 is 38.1 Å². The van der Waals surface area contributed by atoms with Crippen LogP contribution in [-0.4, -0.2) is 66.4 Å². The maximum atomic E-state index is 6.32. The fraction of sp³-hybridized carbons (Fsp3) is 0.185. The van der Waals surface area contributed by atoms with Gasteiger partial charge in [-0.25, -0.2) is 0 Å². The van der Waals surface area contributed by atoms with Gasteiger partial charge >= 0.3 is 0 Å². The highest BCUT2D eigenvalue weighted by atomic mass is 16.7. The number of ether oxygens (including phenoxy) is 6. The summed E-state index contributed by atoms with van der Waals surface area (Å²) in [6.07, 6.45) is -0.997. The molecule has 13 nitrogen and oxygen atoms in total. The number of amidine groups is 2. The number of hydrogen-bond donors (Lipinski definition) is 0. The van der Waals surface area contributed by atoms with E-state index in [1.54, 1.807) is 28.4 Å². The van der Waals surface area contributed by atoms with Crippen LogP contribution in [-0.2, 0) is 9.68 Å². The van der Waals surface area contributed by atoms with Gasteiger partial charge in [0.05, 0.1) is 41.5 Å². The van der Waals surface area contributed by atoms with Crippen LogP contribution in [0.2, 0.25) is 0 Å². The van der Waals surface area contributed by atoms with Crippen LogP contribution in [0.25, 0.3) is 0 Å². The summed E-state index contributed by atoms with van der Waals surface area (Å²) in [4.78, 5) is 18.6. The van der Waals surface area contributed by atoms with Gasteiger partial charge in [0.15, 0.2) is 11.7 Å². The van der Waals surface area contributed by atoms with Crippen LogP contribution >= 0.6 is 0 Å². The van der Waals surface area contributed by atoms with Gasteiger partial charge < -0.3 is 43.0 Å². The summed E-state index contributed by atoms with van der Waals surface area (Å²) in [5.74, 6) is 5.92. The monoisotopic (exact) mass is 897 g/mol. The molecular weight excluding hydrogens is 847 g/mol. The lowest BCUT2D eigenvalue weighted by Gasteiger charge is -2.26. The minimum atomic E-state index is -0.499. The molecule has 0 saturated heterocycles. The van der Waals surface area contributed by atoms with Crippen LogP contribution in [0, 0.1) is 0 Å². The van der Waals surface area contributed by atoms with Crippen LogP contribution in [0.3, 0.4) is 0 Å². The second-order valence-electron chi connectivity index (χ2n) is 15.5. The molecule has 67 heavy (non-hydrogen) atoms. The third kappa shape index (κ3) is 10.0. The lowest BCUT2D eigenvalue weighted by Crippen LogP contribution is -2.32. The quantitative estimate of drug-likeness (QED) is 0.0774. The number of benzene rings is 7. The van der Waals surface area contributed by atoms with Gasteiger partial charge in [0, 0.05) is 39.3 Å². The molecule has 0 saturated carbocycles. The van der Waals surface area contributed by atoms with E-state index in [2.05, 4.69) is 37.1 Å². The smallest absolute Gasteiger partial charge is 0.231 e. The first-order valence-electron chi connectivity index (χ1n) is 21.9. The molecule has 0 aromatic heterocycles. The van der Waals surface area contributed by atoms with Crippen molar-refractivity contribution in [2.24, 2.45) is 10.3 Å². The average molecular weight is 898 g/mol. The van der Waals surface area contributed by atoms with E-state index < -0.39 is 12.5 Å². The summed E-state index contributed by atoms with van der Waals surface area (Å²) >= 11 is 0. The Morgan fingerprint density at radius 1 is 0.418 bits per heavy atom. The molecule has 0 N–H and O–H groups in total. The molecule has 0 aliphatic carbocycles. The molecule has 9 rings (SSSR count). The predicted octanol–water partition coefficient (Wildman–Crippen LogP) is 10.5. The molecule has 7 aromatic carbocycles. The normalized spacial score (nSPS) is 15.2. The number of nitrogens with zero attached hydrogens (tertiary/aromatic N) is 5. The Kier molecular flexibility index (Phi) is 13.5. The van der Waals surface area contributed by atoms with E-state index in [1.807, 2.05) is 164 Å². The summed E-state index contributed by atoms with van der Waals surface area (Å²) in [6.45, 7) is 2.19. The van der Waals surface area contributed by atoms with E-state index in [-0.39, 0.29) is 0 Å². The topological polar surface area (TPSA) is 108 Å². The van der Waals surface area contributed by atoms with E-state index in [0.29, 0.717) is 38.0 Å². The van der Waals surface area contributed by atoms with Gasteiger partial charge in [0.25, 0.3) is 0 Å². The van der Waals surface area contributed by atoms with Crippen molar-refractivity contribution in [3.63, 3.8) is 0 Å². The van der Waals surface area contributed by atoms with Crippen molar-refractivity contribution >= 4 is 28.7 Å². The Labute approximate surface area is 390 Å². The Balaban J connectivity index is 0.826. The summed E-state index contributed by atoms with van der Waals surface area (Å²) < 4.78 is 34.3. The summed E-state index contributed by atoms with van der Waals surface area (Å²) in [6, 6.07) is 57.4. The van der Waals surface area contributed by atoms with Crippen LogP contribution in [0.5, 0.6) is 34.5 Å². The SMILES string of the molecule is COc1ccc(C2=NOC(c3ccc(OCCN(CCOc4ccc(C5ON=C(c6ccc(OC)cc6)N5c5ccc(OC)cc5)cc4)c4ccccc4)cc3)N2c2ccc(OC)cc2)cc1. The number of methoxy groups -OCH3 is 4. The molecule has 13 heteroatoms. The molecule has 0 amide bonds. The maximum Gasteiger partial charge on any atom is 0.231 e.